The zero-order valence-corrected chi connectivity index (χ0v) is 33.5. The normalized spacial score (nSPS) is 22.6. The van der Waals surface area contributed by atoms with E-state index >= 15 is 8.78 Å². The van der Waals surface area contributed by atoms with Crippen LogP contribution in [0, 0.1) is 29.3 Å². The van der Waals surface area contributed by atoms with Crippen molar-refractivity contribution in [3.63, 3.8) is 0 Å². The zero-order chi connectivity index (χ0) is 40.7. The highest BCUT2D eigenvalue weighted by molar-refractivity contribution is 7.91. The van der Waals surface area contributed by atoms with E-state index in [-0.39, 0.29) is 54.6 Å². The summed E-state index contributed by atoms with van der Waals surface area (Å²) >= 11 is 0. The number of ether oxygens (including phenoxy) is 1. The fourth-order valence-electron chi connectivity index (χ4n) is 9.78. The standard InChI is InChI=1S/C42H51F4N5O5S/c1-48(2)39(52)33-13-11-31(22-35(33)44)57(54,55)32-12-14-38(36(45)23-32)51-25-41(46,26-51)24-50-19-15-28(16-20-50)42(27-49-17-6-18-49,29-7-4-8-30(43)21-29)34-9-5-10-37(34)47-40(53)56-3/h4,7-8,11-14,21-23,28,34,37H,5-6,9-10,15-20,24-27H2,1-3H3,(H,47,53)/t34-,37-,42?/m0/s1. The first-order chi connectivity index (χ1) is 27.1. The van der Waals surface area contributed by atoms with E-state index in [0.29, 0.717) is 13.1 Å². The molecule has 7 rings (SSSR count). The van der Waals surface area contributed by atoms with E-state index in [1.165, 1.54) is 49.2 Å². The van der Waals surface area contributed by atoms with Gasteiger partial charge in [-0.1, -0.05) is 18.6 Å². The monoisotopic (exact) mass is 813 g/mol. The lowest BCUT2D eigenvalue weighted by Crippen LogP contribution is -2.65. The summed E-state index contributed by atoms with van der Waals surface area (Å²) in [5.41, 5.74) is -1.35. The summed E-state index contributed by atoms with van der Waals surface area (Å²) < 4.78 is 93.1. The molecule has 57 heavy (non-hydrogen) atoms. The number of hydrogen-bond acceptors (Lipinski definition) is 8. The lowest BCUT2D eigenvalue weighted by molar-refractivity contribution is 0.00575. The Morgan fingerprint density at radius 2 is 1.56 bits per heavy atom. The lowest BCUT2D eigenvalue weighted by atomic mass is 9.57. The number of alkyl carbamates (subject to hydrolysis) is 1. The number of carbonyl (C=O) groups is 2. The van der Waals surface area contributed by atoms with E-state index in [4.69, 9.17) is 4.74 Å². The molecule has 3 atom stereocenters. The van der Waals surface area contributed by atoms with Crippen LogP contribution in [-0.4, -0.2) is 120 Å². The number of alkyl halides is 1. The highest BCUT2D eigenvalue weighted by atomic mass is 32.2. The van der Waals surface area contributed by atoms with Gasteiger partial charge in [-0.3, -0.25) is 9.69 Å². The van der Waals surface area contributed by atoms with Crippen molar-refractivity contribution >= 4 is 27.5 Å². The SMILES string of the molecule is COC(=O)N[C@H]1CCC[C@@H]1C(CN1CCC1)(c1cccc(F)c1)C1CCN(CC2(F)CN(c3ccc(S(=O)(=O)c4ccc(C(=O)N(C)C)c(F)c4)cc3F)C2)CC1. The minimum absolute atomic E-state index is 0.0556. The van der Waals surface area contributed by atoms with Gasteiger partial charge in [0.1, 0.15) is 17.5 Å². The molecule has 15 heteroatoms. The van der Waals surface area contributed by atoms with Crippen molar-refractivity contribution < 1.29 is 40.3 Å². The van der Waals surface area contributed by atoms with Crippen molar-refractivity contribution in [1.82, 2.24) is 20.0 Å². The van der Waals surface area contributed by atoms with E-state index in [1.54, 1.807) is 12.1 Å². The number of anilines is 1. The molecule has 0 radical (unpaired) electrons. The van der Waals surface area contributed by atoms with Crippen molar-refractivity contribution in [2.75, 3.05) is 78.5 Å². The van der Waals surface area contributed by atoms with E-state index in [9.17, 15) is 26.8 Å². The van der Waals surface area contributed by atoms with Gasteiger partial charge >= 0.3 is 6.09 Å². The average molecular weight is 814 g/mol. The maximum absolute atomic E-state index is 16.3. The van der Waals surface area contributed by atoms with Crippen molar-refractivity contribution in [3.8, 4) is 0 Å². The molecule has 0 aromatic heterocycles. The number of piperidine rings is 1. The maximum atomic E-state index is 16.3. The first-order valence-corrected chi connectivity index (χ1v) is 21.2. The Bertz CT molecular complexity index is 2090. The molecule has 1 saturated carbocycles. The number of halogens is 4. The van der Waals surface area contributed by atoms with Crippen molar-refractivity contribution in [1.29, 1.82) is 0 Å². The minimum atomic E-state index is -4.33. The van der Waals surface area contributed by atoms with Crippen LogP contribution < -0.4 is 10.2 Å². The van der Waals surface area contributed by atoms with Crippen molar-refractivity contribution in [3.05, 3.63) is 89.2 Å². The third kappa shape index (κ3) is 8.11. The first kappa shape index (κ1) is 41.0. The van der Waals surface area contributed by atoms with Gasteiger partial charge in [-0.2, -0.15) is 0 Å². The van der Waals surface area contributed by atoms with Gasteiger partial charge in [-0.05, 0) is 124 Å². The Morgan fingerprint density at radius 1 is 0.877 bits per heavy atom. The zero-order valence-electron chi connectivity index (χ0n) is 32.7. The number of carbonyl (C=O) groups excluding carboxylic acids is 2. The number of hydrogen-bond donors (Lipinski definition) is 1. The van der Waals surface area contributed by atoms with Crippen LogP contribution in [0.25, 0.3) is 0 Å². The molecule has 1 unspecified atom stereocenters. The van der Waals surface area contributed by atoms with Gasteiger partial charge in [0.2, 0.25) is 9.84 Å². The fraction of sp³-hybridized carbons (Fsp3) is 0.524. The number of rotatable bonds is 12. The topological polar surface area (TPSA) is 102 Å². The molecule has 1 N–H and O–H groups in total. The van der Waals surface area contributed by atoms with E-state index in [0.717, 1.165) is 88.0 Å². The van der Waals surface area contributed by atoms with Crippen LogP contribution in [0.2, 0.25) is 0 Å². The van der Waals surface area contributed by atoms with E-state index in [2.05, 4.69) is 15.1 Å². The third-order valence-electron chi connectivity index (χ3n) is 12.7. The summed E-state index contributed by atoms with van der Waals surface area (Å²) in [4.78, 5) is 31.1. The second-order valence-corrected chi connectivity index (χ2v) is 18.4. The highest BCUT2D eigenvalue weighted by Crippen LogP contribution is 2.52. The largest absolute Gasteiger partial charge is 0.453 e. The Kier molecular flexibility index (Phi) is 11.6. The van der Waals surface area contributed by atoms with Crippen LogP contribution in [0.1, 0.15) is 54.4 Å². The lowest BCUT2D eigenvalue weighted by Gasteiger charge is -2.54. The first-order valence-electron chi connectivity index (χ1n) is 19.7. The molecule has 3 aliphatic heterocycles. The second kappa shape index (κ2) is 16.2. The van der Waals surface area contributed by atoms with Crippen LogP contribution in [-0.2, 0) is 20.0 Å². The molecule has 4 fully saturated rings. The number of sulfone groups is 1. The summed E-state index contributed by atoms with van der Waals surface area (Å²) in [5, 5.41) is 3.10. The number of benzene rings is 3. The summed E-state index contributed by atoms with van der Waals surface area (Å²) in [5.74, 6) is -2.58. The predicted octanol–water partition coefficient (Wildman–Crippen LogP) is 6.05. The molecule has 1 aliphatic carbocycles. The Morgan fingerprint density at radius 3 is 2.16 bits per heavy atom. The molecule has 308 valence electrons. The summed E-state index contributed by atoms with van der Waals surface area (Å²) in [6.07, 6.45) is 4.78. The quantitative estimate of drug-likeness (QED) is 0.221. The molecule has 2 amide bonds. The van der Waals surface area contributed by atoms with Gasteiger partial charge in [0.15, 0.2) is 5.67 Å². The third-order valence-corrected chi connectivity index (χ3v) is 14.4. The average Bonchev–Trinajstić information content (AvgIpc) is 3.61. The highest BCUT2D eigenvalue weighted by Gasteiger charge is 2.54. The smallest absolute Gasteiger partial charge is 0.407 e. The van der Waals surface area contributed by atoms with Crippen LogP contribution in [0.15, 0.2) is 70.5 Å². The number of nitrogens with one attached hydrogen (secondary N) is 1. The van der Waals surface area contributed by atoms with Gasteiger partial charge in [0, 0.05) is 38.6 Å². The van der Waals surface area contributed by atoms with Gasteiger partial charge in [-0.25, -0.2) is 30.8 Å². The molecule has 3 heterocycles. The number of methoxy groups -OCH3 is 1. The Hall–Kier alpha value is -4.21. The second-order valence-electron chi connectivity index (χ2n) is 16.5. The predicted molar refractivity (Wildman–Crippen MR) is 207 cm³/mol. The van der Waals surface area contributed by atoms with Crippen LogP contribution >= 0.6 is 0 Å². The fourth-order valence-corrected chi connectivity index (χ4v) is 11.1. The summed E-state index contributed by atoms with van der Waals surface area (Å²) in [6.45, 7) is 3.93. The van der Waals surface area contributed by atoms with Crippen molar-refractivity contribution in [2.24, 2.45) is 11.8 Å². The Labute approximate surface area is 332 Å². The van der Waals surface area contributed by atoms with E-state index < -0.39 is 54.3 Å². The molecule has 3 aromatic rings. The molecular weight excluding hydrogens is 763 g/mol. The van der Waals surface area contributed by atoms with Gasteiger partial charge in [-0.15, -0.1) is 0 Å². The van der Waals surface area contributed by atoms with Gasteiger partial charge in [0.25, 0.3) is 5.91 Å². The van der Waals surface area contributed by atoms with E-state index in [1.807, 2.05) is 6.07 Å². The van der Waals surface area contributed by atoms with Crippen LogP contribution in [0.5, 0.6) is 0 Å². The van der Waals surface area contributed by atoms with Crippen molar-refractivity contribution in [2.45, 2.75) is 65.4 Å². The summed E-state index contributed by atoms with van der Waals surface area (Å²) in [7, 11) is -0.0731. The maximum Gasteiger partial charge on any atom is 0.407 e. The Balaban J connectivity index is 1.03. The minimum Gasteiger partial charge on any atom is -0.453 e. The number of amides is 2. The van der Waals surface area contributed by atoms with Crippen LogP contribution in [0.3, 0.4) is 0 Å². The molecule has 3 aromatic carbocycles. The van der Waals surface area contributed by atoms with Gasteiger partial charge < -0.3 is 24.8 Å². The van der Waals surface area contributed by atoms with Gasteiger partial charge in [0.05, 0.1) is 41.2 Å². The molecule has 3 saturated heterocycles. The molecule has 4 aliphatic rings. The molecule has 10 nitrogen and oxygen atoms in total. The molecular formula is C42H51F4N5O5S. The number of nitrogens with zero attached hydrogens (tertiary/aromatic N) is 4. The number of likely N-dealkylation sites (tertiary alicyclic amines) is 2. The molecule has 0 spiro atoms. The molecule has 0 bridgehead atoms. The van der Waals surface area contributed by atoms with Crippen LogP contribution in [0.4, 0.5) is 28.0 Å². The summed E-state index contributed by atoms with van der Waals surface area (Å²) in [6, 6.07) is 13.1.